The van der Waals surface area contributed by atoms with E-state index in [2.05, 4.69) is 40.2 Å². The van der Waals surface area contributed by atoms with Crippen molar-refractivity contribution in [1.82, 2.24) is 0 Å². The van der Waals surface area contributed by atoms with Crippen LogP contribution < -0.4 is 0 Å². The number of hydrogen-bond acceptors (Lipinski definition) is 0. The molecule has 0 N–H and O–H groups in total. The van der Waals surface area contributed by atoms with Crippen molar-refractivity contribution in [3.63, 3.8) is 0 Å². The maximum absolute atomic E-state index is 3.50. The summed E-state index contributed by atoms with van der Waals surface area (Å²) in [6.45, 7) is 0. The average Bonchev–Trinajstić information content (AvgIpc) is 2.14. The number of benzene rings is 1. The van der Waals surface area contributed by atoms with Crippen LogP contribution in [-0.2, 0) is 6.42 Å². The Morgan fingerprint density at radius 1 is 1.21 bits per heavy atom. The Hall–Kier alpha value is -0.300. The molecule has 0 radical (unpaired) electrons. The predicted molar refractivity (Wildman–Crippen MR) is 65.1 cm³/mol. The van der Waals surface area contributed by atoms with E-state index < -0.39 is 0 Å². The molecule has 1 aliphatic rings. The van der Waals surface area contributed by atoms with E-state index in [0.717, 1.165) is 11.2 Å². The summed E-state index contributed by atoms with van der Waals surface area (Å²) in [5.41, 5.74) is 3.20. The zero-order valence-electron chi connectivity index (χ0n) is 8.51. The number of aryl methyl sites for hydroxylation is 1. The summed E-state index contributed by atoms with van der Waals surface area (Å²) in [4.78, 5) is 0. The van der Waals surface area contributed by atoms with Crippen LogP contribution in [-0.4, -0.2) is 5.33 Å². The van der Waals surface area contributed by atoms with E-state index in [-0.39, 0.29) is 0 Å². The van der Waals surface area contributed by atoms with Gasteiger partial charge >= 0.3 is 0 Å². The molecule has 0 aromatic heterocycles. The van der Waals surface area contributed by atoms with Gasteiger partial charge < -0.3 is 0 Å². The molecule has 0 aliphatic heterocycles. The topological polar surface area (TPSA) is 0 Å². The lowest BCUT2D eigenvalue weighted by Crippen LogP contribution is -2.11. The smallest absolute Gasteiger partial charge is 0.00344 e. The average molecular weight is 253 g/mol. The lowest BCUT2D eigenvalue weighted by molar-refractivity contribution is 0.417. The Labute approximate surface area is 94.8 Å². The third-order valence-electron chi connectivity index (χ3n) is 3.18. The first-order valence-electron chi connectivity index (χ1n) is 5.55. The first-order chi connectivity index (χ1) is 6.92. The van der Waals surface area contributed by atoms with Crippen LogP contribution >= 0.6 is 15.9 Å². The van der Waals surface area contributed by atoms with Crippen molar-refractivity contribution in [3.8, 4) is 0 Å². The van der Waals surface area contributed by atoms with Gasteiger partial charge in [0, 0.05) is 5.33 Å². The van der Waals surface area contributed by atoms with Gasteiger partial charge in [0.15, 0.2) is 0 Å². The summed E-state index contributed by atoms with van der Waals surface area (Å²) in [5, 5.41) is 1.12. The minimum atomic E-state index is 0.876. The fourth-order valence-corrected chi connectivity index (χ4v) is 2.42. The van der Waals surface area contributed by atoms with E-state index in [1.165, 1.54) is 32.1 Å². The molecule has 1 heteroatoms. The molecule has 1 aromatic rings. The molecular formula is C13H17Br. The number of halogens is 1. The van der Waals surface area contributed by atoms with Crippen molar-refractivity contribution >= 4 is 15.9 Å². The second-order valence-corrected chi connectivity index (χ2v) is 4.91. The van der Waals surface area contributed by atoms with Crippen molar-refractivity contribution in [2.24, 2.45) is 0 Å². The number of hydrogen-bond donors (Lipinski definition) is 0. The summed E-state index contributed by atoms with van der Waals surface area (Å²) in [5.74, 6) is 0.876. The van der Waals surface area contributed by atoms with Crippen molar-refractivity contribution in [1.29, 1.82) is 0 Å². The first-order valence-corrected chi connectivity index (χ1v) is 6.67. The van der Waals surface area contributed by atoms with E-state index in [9.17, 15) is 0 Å². The summed E-state index contributed by atoms with van der Waals surface area (Å²) in [7, 11) is 0. The van der Waals surface area contributed by atoms with Gasteiger partial charge in [-0.15, -0.1) is 0 Å². The Morgan fingerprint density at radius 3 is 2.64 bits per heavy atom. The van der Waals surface area contributed by atoms with Crippen LogP contribution in [0, 0.1) is 0 Å². The Kier molecular flexibility index (Phi) is 3.63. The van der Waals surface area contributed by atoms with Crippen LogP contribution in [0.4, 0.5) is 0 Å². The second-order valence-electron chi connectivity index (χ2n) is 4.12. The van der Waals surface area contributed by atoms with Gasteiger partial charge in [-0.25, -0.2) is 0 Å². The highest BCUT2D eigenvalue weighted by Gasteiger charge is 2.21. The fourth-order valence-electron chi connectivity index (χ4n) is 2.14. The molecule has 0 atom stereocenters. The molecule has 0 heterocycles. The van der Waals surface area contributed by atoms with Gasteiger partial charge in [0.1, 0.15) is 0 Å². The summed E-state index contributed by atoms with van der Waals surface area (Å²) >= 11 is 3.50. The number of rotatable bonds is 4. The second kappa shape index (κ2) is 4.97. The van der Waals surface area contributed by atoms with Gasteiger partial charge in [-0.3, -0.25) is 0 Å². The van der Waals surface area contributed by atoms with Gasteiger partial charge in [-0.2, -0.15) is 0 Å². The molecule has 0 saturated heterocycles. The Balaban J connectivity index is 2.11. The molecule has 0 amide bonds. The van der Waals surface area contributed by atoms with Crippen LogP contribution in [0.25, 0.3) is 0 Å². The monoisotopic (exact) mass is 252 g/mol. The largest absolute Gasteiger partial charge is 0.0928 e. The lowest BCUT2D eigenvalue weighted by atomic mass is 9.78. The molecular weight excluding hydrogens is 236 g/mol. The highest BCUT2D eigenvalue weighted by atomic mass is 79.9. The highest BCUT2D eigenvalue weighted by molar-refractivity contribution is 9.09. The van der Waals surface area contributed by atoms with E-state index in [1.807, 2.05) is 0 Å². The molecule has 0 spiro atoms. The highest BCUT2D eigenvalue weighted by Crippen LogP contribution is 2.38. The van der Waals surface area contributed by atoms with E-state index >= 15 is 0 Å². The SMILES string of the molecule is BrCCCc1ccccc1C1CCC1. The molecule has 1 aliphatic carbocycles. The van der Waals surface area contributed by atoms with Crippen LogP contribution in [0.3, 0.4) is 0 Å². The van der Waals surface area contributed by atoms with E-state index in [4.69, 9.17) is 0 Å². The Morgan fingerprint density at radius 2 is 2.00 bits per heavy atom. The molecule has 14 heavy (non-hydrogen) atoms. The molecule has 1 saturated carbocycles. The third-order valence-corrected chi connectivity index (χ3v) is 3.74. The molecule has 0 bridgehead atoms. The van der Waals surface area contributed by atoms with Gasteiger partial charge in [0.05, 0.1) is 0 Å². The molecule has 1 aromatic carbocycles. The minimum Gasteiger partial charge on any atom is -0.0928 e. The molecule has 0 nitrogen and oxygen atoms in total. The van der Waals surface area contributed by atoms with Gasteiger partial charge in [0.2, 0.25) is 0 Å². The minimum absolute atomic E-state index is 0.876. The fraction of sp³-hybridized carbons (Fsp3) is 0.538. The Bertz CT molecular complexity index is 289. The number of alkyl halides is 1. The normalized spacial score (nSPS) is 16.6. The van der Waals surface area contributed by atoms with Crippen LogP contribution in [0.2, 0.25) is 0 Å². The zero-order valence-corrected chi connectivity index (χ0v) is 10.1. The molecule has 2 rings (SSSR count). The van der Waals surface area contributed by atoms with Gasteiger partial charge in [-0.05, 0) is 42.7 Å². The summed E-state index contributed by atoms with van der Waals surface area (Å²) in [6.07, 6.45) is 6.73. The van der Waals surface area contributed by atoms with Crippen molar-refractivity contribution in [2.45, 2.75) is 38.0 Å². The van der Waals surface area contributed by atoms with Crippen molar-refractivity contribution in [3.05, 3.63) is 35.4 Å². The lowest BCUT2D eigenvalue weighted by Gasteiger charge is -2.28. The summed E-state index contributed by atoms with van der Waals surface area (Å²) < 4.78 is 0. The van der Waals surface area contributed by atoms with Crippen LogP contribution in [0.1, 0.15) is 42.7 Å². The standard InChI is InChI=1S/C13H17Br/c14-10-4-8-11-5-1-2-9-13(11)12-6-3-7-12/h1-2,5,9,12H,3-4,6-8,10H2. The van der Waals surface area contributed by atoms with Crippen LogP contribution in [0.5, 0.6) is 0 Å². The molecule has 1 fully saturated rings. The summed E-state index contributed by atoms with van der Waals surface area (Å²) in [6, 6.07) is 8.99. The van der Waals surface area contributed by atoms with Crippen molar-refractivity contribution < 1.29 is 0 Å². The van der Waals surface area contributed by atoms with Gasteiger partial charge in [0.25, 0.3) is 0 Å². The van der Waals surface area contributed by atoms with Crippen molar-refractivity contribution in [2.75, 3.05) is 5.33 Å². The first kappa shape index (κ1) is 10.2. The van der Waals surface area contributed by atoms with E-state index in [1.54, 1.807) is 11.1 Å². The molecule has 76 valence electrons. The zero-order chi connectivity index (χ0) is 9.80. The third kappa shape index (κ3) is 2.20. The van der Waals surface area contributed by atoms with Gasteiger partial charge in [-0.1, -0.05) is 46.6 Å². The quantitative estimate of drug-likeness (QED) is 0.702. The molecule has 0 unspecified atom stereocenters. The predicted octanol–water partition coefficient (Wildman–Crippen LogP) is 4.28. The van der Waals surface area contributed by atoms with Crippen LogP contribution in [0.15, 0.2) is 24.3 Å². The maximum Gasteiger partial charge on any atom is 0.00344 e. The van der Waals surface area contributed by atoms with E-state index in [0.29, 0.717) is 0 Å². The maximum atomic E-state index is 3.50.